The maximum absolute atomic E-state index is 13.6. The molecule has 0 heterocycles. The highest BCUT2D eigenvalue weighted by Gasteiger charge is 2.15. The molecule has 0 aliphatic rings. The minimum absolute atomic E-state index is 0.0329. The zero-order valence-electron chi connectivity index (χ0n) is 11.7. The van der Waals surface area contributed by atoms with Crippen molar-refractivity contribution in [3.05, 3.63) is 70.5 Å². The van der Waals surface area contributed by atoms with Crippen LogP contribution in [0.1, 0.15) is 35.2 Å². The number of aryl methyl sites for hydroxylation is 2. The van der Waals surface area contributed by atoms with Gasteiger partial charge in [-0.2, -0.15) is 0 Å². The van der Waals surface area contributed by atoms with E-state index in [9.17, 15) is 4.39 Å². The van der Waals surface area contributed by atoms with Gasteiger partial charge in [-0.05, 0) is 54.8 Å². The summed E-state index contributed by atoms with van der Waals surface area (Å²) < 4.78 is 13.6. The molecule has 0 saturated heterocycles. The molecule has 19 heavy (non-hydrogen) atoms. The summed E-state index contributed by atoms with van der Waals surface area (Å²) >= 11 is 0. The van der Waals surface area contributed by atoms with Gasteiger partial charge in [0.15, 0.2) is 0 Å². The molecular weight excluding hydrogens is 237 g/mol. The Labute approximate surface area is 114 Å². The molecule has 0 aromatic heterocycles. The number of rotatable bonds is 4. The molecule has 1 atom stereocenters. The van der Waals surface area contributed by atoms with Gasteiger partial charge in [-0.15, -0.1) is 0 Å². The van der Waals surface area contributed by atoms with E-state index in [1.807, 2.05) is 32.2 Å². The second-order valence-electron chi connectivity index (χ2n) is 4.84. The van der Waals surface area contributed by atoms with E-state index in [1.165, 1.54) is 11.1 Å². The lowest BCUT2D eigenvalue weighted by atomic mass is 9.92. The standard InChI is InChI=1S/C17H20FN/c1-4-13-7-5-6-8-16(13)17(19-3)14-9-12(2)10-15(18)11-14/h5-11,17,19H,4H2,1-3H3. The monoisotopic (exact) mass is 257 g/mol. The van der Waals surface area contributed by atoms with Gasteiger partial charge in [0.1, 0.15) is 5.82 Å². The van der Waals surface area contributed by atoms with E-state index in [0.717, 1.165) is 17.5 Å². The zero-order valence-corrected chi connectivity index (χ0v) is 11.7. The first-order chi connectivity index (χ1) is 9.15. The lowest BCUT2D eigenvalue weighted by molar-refractivity contribution is 0.614. The molecule has 0 bridgehead atoms. The first kappa shape index (κ1) is 13.8. The minimum atomic E-state index is -0.177. The fourth-order valence-corrected chi connectivity index (χ4v) is 2.57. The van der Waals surface area contributed by atoms with E-state index in [0.29, 0.717) is 0 Å². The Hall–Kier alpha value is -1.67. The van der Waals surface area contributed by atoms with Gasteiger partial charge in [0.2, 0.25) is 0 Å². The Morgan fingerprint density at radius 1 is 1.16 bits per heavy atom. The lowest BCUT2D eigenvalue weighted by Gasteiger charge is -2.20. The van der Waals surface area contributed by atoms with Crippen molar-refractivity contribution in [1.82, 2.24) is 5.32 Å². The van der Waals surface area contributed by atoms with Crippen LogP contribution in [0.3, 0.4) is 0 Å². The molecule has 0 fully saturated rings. The molecule has 2 aromatic rings. The minimum Gasteiger partial charge on any atom is -0.309 e. The van der Waals surface area contributed by atoms with E-state index >= 15 is 0 Å². The number of halogens is 1. The SMILES string of the molecule is CCc1ccccc1C(NC)c1cc(C)cc(F)c1. The number of nitrogens with one attached hydrogen (secondary N) is 1. The van der Waals surface area contributed by atoms with Crippen LogP contribution in [-0.2, 0) is 6.42 Å². The summed E-state index contributed by atoms with van der Waals surface area (Å²) in [4.78, 5) is 0. The fraction of sp³-hybridized carbons (Fsp3) is 0.294. The summed E-state index contributed by atoms with van der Waals surface area (Å²) in [5, 5.41) is 3.30. The predicted molar refractivity (Wildman–Crippen MR) is 77.9 cm³/mol. The van der Waals surface area contributed by atoms with Crippen molar-refractivity contribution < 1.29 is 4.39 Å². The van der Waals surface area contributed by atoms with Crippen LogP contribution in [0.4, 0.5) is 4.39 Å². The van der Waals surface area contributed by atoms with Crippen molar-refractivity contribution in [3.63, 3.8) is 0 Å². The van der Waals surface area contributed by atoms with Crippen molar-refractivity contribution in [2.24, 2.45) is 0 Å². The van der Waals surface area contributed by atoms with Gasteiger partial charge in [-0.1, -0.05) is 37.3 Å². The van der Waals surface area contributed by atoms with Gasteiger partial charge in [0.05, 0.1) is 6.04 Å². The third kappa shape index (κ3) is 3.02. The molecule has 1 unspecified atom stereocenters. The van der Waals surface area contributed by atoms with Gasteiger partial charge in [0, 0.05) is 0 Å². The van der Waals surface area contributed by atoms with Crippen LogP contribution >= 0.6 is 0 Å². The van der Waals surface area contributed by atoms with Crippen LogP contribution in [0, 0.1) is 12.7 Å². The van der Waals surface area contributed by atoms with Crippen molar-refractivity contribution in [2.45, 2.75) is 26.3 Å². The molecule has 0 aliphatic heterocycles. The maximum atomic E-state index is 13.6. The average Bonchev–Trinajstić information content (AvgIpc) is 2.39. The Morgan fingerprint density at radius 3 is 2.53 bits per heavy atom. The van der Waals surface area contributed by atoms with E-state index in [2.05, 4.69) is 24.4 Å². The van der Waals surface area contributed by atoms with Crippen LogP contribution < -0.4 is 5.32 Å². The summed E-state index contributed by atoms with van der Waals surface area (Å²) in [5.74, 6) is -0.177. The first-order valence-corrected chi connectivity index (χ1v) is 6.68. The van der Waals surface area contributed by atoms with E-state index < -0.39 is 0 Å². The molecule has 0 spiro atoms. The van der Waals surface area contributed by atoms with Crippen LogP contribution in [-0.4, -0.2) is 7.05 Å². The maximum Gasteiger partial charge on any atom is 0.123 e. The summed E-state index contributed by atoms with van der Waals surface area (Å²) in [7, 11) is 1.91. The van der Waals surface area contributed by atoms with Gasteiger partial charge >= 0.3 is 0 Å². The molecule has 2 rings (SSSR count). The van der Waals surface area contributed by atoms with Crippen LogP contribution in [0.25, 0.3) is 0 Å². The number of benzene rings is 2. The summed E-state index contributed by atoms with van der Waals surface area (Å²) in [6.45, 7) is 4.06. The van der Waals surface area contributed by atoms with Crippen molar-refractivity contribution in [3.8, 4) is 0 Å². The fourth-order valence-electron chi connectivity index (χ4n) is 2.57. The second-order valence-corrected chi connectivity index (χ2v) is 4.84. The Balaban J connectivity index is 2.49. The zero-order chi connectivity index (χ0) is 13.8. The van der Waals surface area contributed by atoms with Crippen molar-refractivity contribution in [2.75, 3.05) is 7.05 Å². The van der Waals surface area contributed by atoms with Crippen LogP contribution in [0.5, 0.6) is 0 Å². The van der Waals surface area contributed by atoms with Crippen molar-refractivity contribution >= 4 is 0 Å². The van der Waals surface area contributed by atoms with E-state index in [4.69, 9.17) is 0 Å². The summed E-state index contributed by atoms with van der Waals surface area (Å²) in [6, 6.07) is 13.6. The molecule has 1 nitrogen and oxygen atoms in total. The van der Waals surface area contributed by atoms with Gasteiger partial charge < -0.3 is 5.32 Å². The Bertz CT molecular complexity index is 543. The largest absolute Gasteiger partial charge is 0.309 e. The second kappa shape index (κ2) is 5.98. The van der Waals surface area contributed by atoms with E-state index in [-0.39, 0.29) is 11.9 Å². The molecule has 2 aromatic carbocycles. The van der Waals surface area contributed by atoms with Gasteiger partial charge in [-0.3, -0.25) is 0 Å². The molecular formula is C17H20FN. The van der Waals surface area contributed by atoms with Gasteiger partial charge in [0.25, 0.3) is 0 Å². The Morgan fingerprint density at radius 2 is 1.89 bits per heavy atom. The highest BCUT2D eigenvalue weighted by atomic mass is 19.1. The smallest absolute Gasteiger partial charge is 0.123 e. The molecule has 0 radical (unpaired) electrons. The molecule has 0 amide bonds. The number of hydrogen-bond acceptors (Lipinski definition) is 1. The predicted octanol–water partition coefficient (Wildman–Crippen LogP) is 4.01. The quantitative estimate of drug-likeness (QED) is 0.872. The average molecular weight is 257 g/mol. The highest BCUT2D eigenvalue weighted by Crippen LogP contribution is 2.26. The summed E-state index contributed by atoms with van der Waals surface area (Å²) in [6.07, 6.45) is 0.975. The highest BCUT2D eigenvalue weighted by molar-refractivity contribution is 5.39. The van der Waals surface area contributed by atoms with E-state index in [1.54, 1.807) is 12.1 Å². The molecule has 100 valence electrons. The third-order valence-corrected chi connectivity index (χ3v) is 3.43. The summed E-state index contributed by atoms with van der Waals surface area (Å²) in [5.41, 5.74) is 4.44. The molecule has 2 heteroatoms. The van der Waals surface area contributed by atoms with Crippen LogP contribution in [0.2, 0.25) is 0 Å². The third-order valence-electron chi connectivity index (χ3n) is 3.43. The molecule has 0 saturated carbocycles. The van der Waals surface area contributed by atoms with Gasteiger partial charge in [-0.25, -0.2) is 4.39 Å². The Kier molecular flexibility index (Phi) is 4.33. The number of hydrogen-bond donors (Lipinski definition) is 1. The molecule has 1 N–H and O–H groups in total. The normalized spacial score (nSPS) is 12.4. The first-order valence-electron chi connectivity index (χ1n) is 6.68. The lowest BCUT2D eigenvalue weighted by Crippen LogP contribution is -2.19. The van der Waals surface area contributed by atoms with Crippen LogP contribution in [0.15, 0.2) is 42.5 Å². The topological polar surface area (TPSA) is 12.0 Å². The van der Waals surface area contributed by atoms with Crippen molar-refractivity contribution in [1.29, 1.82) is 0 Å². The molecule has 0 aliphatic carbocycles.